The molecule has 3 heteroatoms. The largest absolute Gasteiger partial charge is 0.399 e. The highest BCUT2D eigenvalue weighted by Gasteiger charge is 2.09. The number of hydrogen-bond donors (Lipinski definition) is 1. The van der Waals surface area contributed by atoms with Gasteiger partial charge >= 0.3 is 0 Å². The summed E-state index contributed by atoms with van der Waals surface area (Å²) in [7, 11) is 0. The quantitative estimate of drug-likeness (QED) is 0.711. The number of hydrogen-bond acceptors (Lipinski definition) is 1. The summed E-state index contributed by atoms with van der Waals surface area (Å²) in [4.78, 5) is 0. The van der Waals surface area contributed by atoms with Crippen molar-refractivity contribution in [1.29, 1.82) is 0 Å². The summed E-state index contributed by atoms with van der Waals surface area (Å²) in [6.07, 6.45) is 0. The smallest absolute Gasteiger partial charge is 0.131 e. The van der Waals surface area contributed by atoms with Gasteiger partial charge in [-0.25, -0.2) is 8.78 Å². The third-order valence-corrected chi connectivity index (χ3v) is 2.15. The zero-order valence-corrected chi connectivity index (χ0v) is 7.87. The molecular formula is C12H9F2N. The summed E-state index contributed by atoms with van der Waals surface area (Å²) in [5.74, 6) is -0.934. The second-order valence-corrected chi connectivity index (χ2v) is 3.22. The topological polar surface area (TPSA) is 26.0 Å². The summed E-state index contributed by atoms with van der Waals surface area (Å²) >= 11 is 0. The van der Waals surface area contributed by atoms with E-state index < -0.39 is 11.6 Å². The SMILES string of the molecule is Nc1ccc(F)c(-c2ccccc2F)c1. The van der Waals surface area contributed by atoms with Gasteiger partial charge in [-0.2, -0.15) is 0 Å². The van der Waals surface area contributed by atoms with Crippen LogP contribution in [0.15, 0.2) is 42.5 Å². The Kier molecular flexibility index (Phi) is 2.37. The molecule has 0 heterocycles. The van der Waals surface area contributed by atoms with Crippen molar-refractivity contribution in [2.45, 2.75) is 0 Å². The van der Waals surface area contributed by atoms with Crippen LogP contribution in [0.25, 0.3) is 11.1 Å². The maximum atomic E-state index is 13.4. The van der Waals surface area contributed by atoms with Crippen LogP contribution < -0.4 is 5.73 Å². The molecule has 76 valence electrons. The monoisotopic (exact) mass is 205 g/mol. The fraction of sp³-hybridized carbons (Fsp3) is 0. The van der Waals surface area contributed by atoms with Gasteiger partial charge in [0.1, 0.15) is 11.6 Å². The van der Waals surface area contributed by atoms with Crippen LogP contribution in [0.3, 0.4) is 0 Å². The van der Waals surface area contributed by atoms with Crippen LogP contribution in [0.4, 0.5) is 14.5 Å². The number of nitrogen functional groups attached to an aromatic ring is 1. The molecule has 2 rings (SSSR count). The fourth-order valence-electron chi connectivity index (χ4n) is 1.43. The molecule has 2 N–H and O–H groups in total. The molecule has 0 unspecified atom stereocenters. The van der Waals surface area contributed by atoms with E-state index in [2.05, 4.69) is 0 Å². The Morgan fingerprint density at radius 3 is 2.20 bits per heavy atom. The molecule has 0 spiro atoms. The lowest BCUT2D eigenvalue weighted by Gasteiger charge is -2.05. The molecule has 2 aromatic carbocycles. The van der Waals surface area contributed by atoms with Gasteiger partial charge in [0.05, 0.1) is 0 Å². The Morgan fingerprint density at radius 2 is 1.47 bits per heavy atom. The lowest BCUT2D eigenvalue weighted by atomic mass is 10.0. The average molecular weight is 205 g/mol. The first-order valence-corrected chi connectivity index (χ1v) is 4.48. The van der Waals surface area contributed by atoms with Crippen molar-refractivity contribution < 1.29 is 8.78 Å². The Hall–Kier alpha value is -1.90. The Balaban J connectivity index is 2.64. The number of nitrogens with two attached hydrogens (primary N) is 1. The molecule has 0 aliphatic rings. The molecule has 0 fully saturated rings. The second-order valence-electron chi connectivity index (χ2n) is 3.22. The van der Waals surface area contributed by atoms with Gasteiger partial charge in [-0.05, 0) is 24.3 Å². The van der Waals surface area contributed by atoms with Crippen LogP contribution in [0.5, 0.6) is 0 Å². The highest BCUT2D eigenvalue weighted by atomic mass is 19.1. The molecule has 0 amide bonds. The second kappa shape index (κ2) is 3.69. The van der Waals surface area contributed by atoms with Gasteiger partial charge in [0, 0.05) is 16.8 Å². The molecule has 0 saturated heterocycles. The van der Waals surface area contributed by atoms with E-state index in [0.717, 1.165) is 0 Å². The van der Waals surface area contributed by atoms with E-state index in [1.807, 2.05) is 0 Å². The molecule has 0 aromatic heterocycles. The number of halogens is 2. The molecule has 0 atom stereocenters. The molecule has 0 aliphatic heterocycles. The van der Waals surface area contributed by atoms with Crippen LogP contribution >= 0.6 is 0 Å². The van der Waals surface area contributed by atoms with E-state index in [1.54, 1.807) is 12.1 Å². The summed E-state index contributed by atoms with van der Waals surface area (Å²) in [5.41, 5.74) is 6.35. The molecule has 0 saturated carbocycles. The normalized spacial score (nSPS) is 10.3. The van der Waals surface area contributed by atoms with Crippen LogP contribution in [0, 0.1) is 11.6 Å². The predicted molar refractivity (Wildman–Crippen MR) is 56.2 cm³/mol. The van der Waals surface area contributed by atoms with Crippen molar-refractivity contribution in [2.24, 2.45) is 0 Å². The lowest BCUT2D eigenvalue weighted by Crippen LogP contribution is -1.91. The highest BCUT2D eigenvalue weighted by Crippen LogP contribution is 2.26. The molecule has 1 nitrogen and oxygen atoms in total. The molecule has 2 aromatic rings. The van der Waals surface area contributed by atoms with Crippen molar-refractivity contribution in [3.63, 3.8) is 0 Å². The number of rotatable bonds is 1. The summed E-state index contributed by atoms with van der Waals surface area (Å²) < 4.78 is 26.8. The van der Waals surface area contributed by atoms with Gasteiger partial charge in [-0.1, -0.05) is 18.2 Å². The van der Waals surface area contributed by atoms with Gasteiger partial charge in [0.25, 0.3) is 0 Å². The Bertz CT molecular complexity index is 495. The maximum Gasteiger partial charge on any atom is 0.131 e. The first kappa shape index (κ1) is 9.65. The molecule has 15 heavy (non-hydrogen) atoms. The standard InChI is InChI=1S/C12H9F2N/c13-11-4-2-1-3-9(11)10-7-8(15)5-6-12(10)14/h1-7H,15H2. The summed E-state index contributed by atoms with van der Waals surface area (Å²) in [5, 5.41) is 0. The minimum atomic E-state index is -0.478. The minimum Gasteiger partial charge on any atom is -0.399 e. The Morgan fingerprint density at radius 1 is 0.800 bits per heavy atom. The third-order valence-electron chi connectivity index (χ3n) is 2.15. The fourth-order valence-corrected chi connectivity index (χ4v) is 1.43. The number of anilines is 1. The first-order chi connectivity index (χ1) is 7.18. The van der Waals surface area contributed by atoms with Gasteiger partial charge in [0.2, 0.25) is 0 Å². The van der Waals surface area contributed by atoms with E-state index in [4.69, 9.17) is 5.73 Å². The van der Waals surface area contributed by atoms with E-state index in [-0.39, 0.29) is 11.1 Å². The summed E-state index contributed by atoms with van der Waals surface area (Å²) in [6.45, 7) is 0. The lowest BCUT2D eigenvalue weighted by molar-refractivity contribution is 0.616. The zero-order chi connectivity index (χ0) is 10.8. The molecule has 0 bridgehead atoms. The predicted octanol–water partition coefficient (Wildman–Crippen LogP) is 3.21. The highest BCUT2D eigenvalue weighted by molar-refractivity contribution is 5.68. The van der Waals surface area contributed by atoms with Crippen LogP contribution in [-0.4, -0.2) is 0 Å². The molecular weight excluding hydrogens is 196 g/mol. The van der Waals surface area contributed by atoms with Gasteiger partial charge < -0.3 is 5.73 Å². The molecule has 0 aliphatic carbocycles. The van der Waals surface area contributed by atoms with E-state index in [9.17, 15) is 8.78 Å². The van der Waals surface area contributed by atoms with Crippen LogP contribution in [-0.2, 0) is 0 Å². The molecule has 0 radical (unpaired) electrons. The summed E-state index contributed by atoms with van der Waals surface area (Å²) in [6, 6.07) is 10.1. The van der Waals surface area contributed by atoms with E-state index in [1.165, 1.54) is 30.3 Å². The van der Waals surface area contributed by atoms with Gasteiger partial charge in [-0.3, -0.25) is 0 Å². The van der Waals surface area contributed by atoms with Crippen molar-refractivity contribution in [3.8, 4) is 11.1 Å². The van der Waals surface area contributed by atoms with Gasteiger partial charge in [0.15, 0.2) is 0 Å². The third kappa shape index (κ3) is 1.81. The van der Waals surface area contributed by atoms with Crippen molar-refractivity contribution in [2.75, 3.05) is 5.73 Å². The van der Waals surface area contributed by atoms with Crippen LogP contribution in [0.2, 0.25) is 0 Å². The first-order valence-electron chi connectivity index (χ1n) is 4.48. The van der Waals surface area contributed by atoms with Gasteiger partial charge in [-0.15, -0.1) is 0 Å². The Labute approximate surface area is 86.2 Å². The van der Waals surface area contributed by atoms with Crippen molar-refractivity contribution in [1.82, 2.24) is 0 Å². The number of benzene rings is 2. The van der Waals surface area contributed by atoms with Crippen molar-refractivity contribution in [3.05, 3.63) is 54.1 Å². The zero-order valence-electron chi connectivity index (χ0n) is 7.87. The maximum absolute atomic E-state index is 13.4. The average Bonchev–Trinajstić information content (AvgIpc) is 2.23. The van der Waals surface area contributed by atoms with E-state index >= 15 is 0 Å². The minimum absolute atomic E-state index is 0.188. The van der Waals surface area contributed by atoms with E-state index in [0.29, 0.717) is 5.69 Å². The van der Waals surface area contributed by atoms with Crippen LogP contribution in [0.1, 0.15) is 0 Å². The van der Waals surface area contributed by atoms with Crippen molar-refractivity contribution >= 4 is 5.69 Å².